The summed E-state index contributed by atoms with van der Waals surface area (Å²) in [6.45, 7) is 2.23. The molecule has 0 saturated carbocycles. The van der Waals surface area contributed by atoms with Gasteiger partial charge >= 0.3 is 7.75 Å². The second-order valence-electron chi connectivity index (χ2n) is 10.7. The number of unbranched alkanes of at least 4 members (excludes halogenated alkanes) is 1. The fraction of sp³-hybridized carbons (Fsp3) is 0.500. The van der Waals surface area contributed by atoms with Crippen molar-refractivity contribution in [2.45, 2.75) is 83.5 Å². The Morgan fingerprint density at radius 2 is 1.69 bits per heavy atom. The molecule has 0 spiro atoms. The van der Waals surface area contributed by atoms with Crippen molar-refractivity contribution in [3.63, 3.8) is 0 Å². The van der Waals surface area contributed by atoms with E-state index in [1.165, 1.54) is 12.7 Å². The summed E-state index contributed by atoms with van der Waals surface area (Å²) >= 11 is 0. The number of imidazole rings is 1. The quantitative estimate of drug-likeness (QED) is 0.0861. The number of hydrogen-bond acceptors (Lipinski definition) is 6. The third-order valence-electron chi connectivity index (χ3n) is 7.17. The number of allylic oxidation sites excluding steroid dienone is 10. The lowest BCUT2D eigenvalue weighted by Crippen LogP contribution is -2.37. The molecule has 0 radical (unpaired) electrons. The fourth-order valence-electron chi connectivity index (χ4n) is 4.82. The van der Waals surface area contributed by atoms with Crippen molar-refractivity contribution in [2.75, 3.05) is 19.6 Å². The van der Waals surface area contributed by atoms with Crippen LogP contribution in [0, 0.1) is 0 Å². The Labute approximate surface area is 264 Å². The van der Waals surface area contributed by atoms with Crippen LogP contribution in [0.3, 0.4) is 0 Å². The normalized spacial score (nSPS) is 18.0. The topological polar surface area (TPSA) is 163 Å². The van der Waals surface area contributed by atoms with Crippen LogP contribution in [-0.2, 0) is 14.1 Å². The van der Waals surface area contributed by atoms with Crippen LogP contribution in [0.25, 0.3) is 11.2 Å². The number of H-pyrrole nitrogens is 1. The van der Waals surface area contributed by atoms with E-state index in [1.54, 1.807) is 4.57 Å². The number of ether oxygens (including phenoxy) is 1. The molecule has 12 nitrogen and oxygen atoms in total. The van der Waals surface area contributed by atoms with Gasteiger partial charge in [-0.15, -0.1) is 0 Å². The maximum absolute atomic E-state index is 12.2. The molecule has 0 unspecified atom stereocenters. The summed E-state index contributed by atoms with van der Waals surface area (Å²) in [7, 11) is -4.57. The van der Waals surface area contributed by atoms with Gasteiger partial charge in [0.2, 0.25) is 5.91 Å². The van der Waals surface area contributed by atoms with Gasteiger partial charge in [0.25, 0.3) is 5.56 Å². The molecule has 1 fully saturated rings. The van der Waals surface area contributed by atoms with E-state index in [9.17, 15) is 23.9 Å². The SMILES string of the molecule is CCC=CCC=CCC=CCC=CCC=CCCCC(=O)NCCN(C[C@@H]1CC[C@H](n2cnc3c(=O)[nH]cnc32)O1)P(=O)(O)O. The molecule has 0 aliphatic carbocycles. The molecular weight excluding hydrogens is 595 g/mol. The number of amides is 1. The van der Waals surface area contributed by atoms with Crippen molar-refractivity contribution in [1.29, 1.82) is 0 Å². The van der Waals surface area contributed by atoms with Crippen molar-refractivity contribution >= 4 is 24.8 Å². The summed E-state index contributed by atoms with van der Waals surface area (Å²) in [6.07, 6.45) is 31.1. The first-order valence-corrected chi connectivity index (χ1v) is 17.2. The maximum Gasteiger partial charge on any atom is 0.403 e. The van der Waals surface area contributed by atoms with Crippen LogP contribution in [0.15, 0.2) is 78.2 Å². The van der Waals surface area contributed by atoms with Crippen molar-refractivity contribution in [2.24, 2.45) is 0 Å². The van der Waals surface area contributed by atoms with Gasteiger partial charge in [-0.05, 0) is 57.8 Å². The van der Waals surface area contributed by atoms with E-state index >= 15 is 0 Å². The highest BCUT2D eigenvalue weighted by atomic mass is 31.2. The zero-order valence-electron chi connectivity index (χ0n) is 26.0. The first-order valence-electron chi connectivity index (χ1n) is 15.7. The molecule has 2 aromatic heterocycles. The van der Waals surface area contributed by atoms with Crippen LogP contribution >= 0.6 is 7.75 Å². The molecule has 3 heterocycles. The van der Waals surface area contributed by atoms with Crippen LogP contribution in [0.2, 0.25) is 0 Å². The highest BCUT2D eigenvalue weighted by Crippen LogP contribution is 2.41. The van der Waals surface area contributed by atoms with Crippen LogP contribution in [0.1, 0.15) is 77.4 Å². The number of fused-ring (bicyclic) bond motifs is 1. The second-order valence-corrected chi connectivity index (χ2v) is 12.3. The van der Waals surface area contributed by atoms with E-state index in [1.807, 2.05) is 0 Å². The molecule has 4 N–H and O–H groups in total. The molecule has 2 atom stereocenters. The largest absolute Gasteiger partial charge is 0.403 e. The summed E-state index contributed by atoms with van der Waals surface area (Å²) in [4.78, 5) is 54.7. The number of hydrogen-bond donors (Lipinski definition) is 4. The lowest BCUT2D eigenvalue weighted by molar-refractivity contribution is -0.121. The second kappa shape index (κ2) is 19.9. The number of aromatic amines is 1. The molecule has 2 aromatic rings. The summed E-state index contributed by atoms with van der Waals surface area (Å²) in [5.74, 6) is -0.153. The Bertz CT molecular complexity index is 1440. The van der Waals surface area contributed by atoms with E-state index in [0.717, 1.165) is 43.2 Å². The molecule has 3 rings (SSSR count). The number of carbonyl (C=O) groups excluding carboxylic acids is 1. The van der Waals surface area contributed by atoms with Crippen LogP contribution < -0.4 is 10.9 Å². The van der Waals surface area contributed by atoms with Gasteiger partial charge < -0.3 is 24.8 Å². The van der Waals surface area contributed by atoms with Crippen molar-refractivity contribution in [1.82, 2.24) is 29.5 Å². The van der Waals surface area contributed by atoms with Gasteiger partial charge in [0, 0.05) is 26.1 Å². The van der Waals surface area contributed by atoms with Gasteiger partial charge in [0.1, 0.15) is 6.23 Å². The van der Waals surface area contributed by atoms with Crippen LogP contribution in [0.4, 0.5) is 0 Å². The Morgan fingerprint density at radius 3 is 2.33 bits per heavy atom. The molecule has 1 saturated heterocycles. The first kappa shape index (κ1) is 36.1. The number of nitrogens with zero attached hydrogens (tertiary/aromatic N) is 4. The fourth-order valence-corrected chi connectivity index (χ4v) is 5.58. The number of nitrogens with one attached hydrogen (secondary N) is 2. The minimum absolute atomic E-state index is 0.00135. The molecule has 13 heteroatoms. The van der Waals surface area contributed by atoms with Gasteiger partial charge in [-0.3, -0.25) is 14.2 Å². The molecule has 246 valence electrons. The lowest BCUT2D eigenvalue weighted by atomic mass is 10.2. The molecule has 1 aliphatic rings. The van der Waals surface area contributed by atoms with E-state index in [0.29, 0.717) is 31.3 Å². The molecule has 45 heavy (non-hydrogen) atoms. The van der Waals surface area contributed by atoms with Gasteiger partial charge in [-0.1, -0.05) is 67.7 Å². The molecular formula is C32H47N6O6P. The first-order chi connectivity index (χ1) is 21.8. The molecule has 1 aliphatic heterocycles. The molecule has 0 aromatic carbocycles. The van der Waals surface area contributed by atoms with Crippen molar-refractivity contribution in [3.8, 4) is 0 Å². The Hall–Kier alpha value is -3.41. The van der Waals surface area contributed by atoms with E-state index in [4.69, 9.17) is 4.74 Å². The summed E-state index contributed by atoms with van der Waals surface area (Å²) in [5.41, 5.74) is 0.243. The summed E-state index contributed by atoms with van der Waals surface area (Å²) in [5, 5.41) is 2.75. The predicted molar refractivity (Wildman–Crippen MR) is 176 cm³/mol. The van der Waals surface area contributed by atoms with E-state index in [2.05, 4.69) is 88.0 Å². The Kier molecular flexibility index (Phi) is 15.9. The third-order valence-corrected chi connectivity index (χ3v) is 8.27. The van der Waals surface area contributed by atoms with Crippen molar-refractivity contribution < 1.29 is 23.9 Å². The minimum atomic E-state index is -4.57. The van der Waals surface area contributed by atoms with Gasteiger partial charge in [0.05, 0.1) is 18.8 Å². The van der Waals surface area contributed by atoms with E-state index in [-0.39, 0.29) is 36.6 Å². The predicted octanol–water partition coefficient (Wildman–Crippen LogP) is 5.23. The molecule has 1 amide bonds. The van der Waals surface area contributed by atoms with Gasteiger partial charge in [0.15, 0.2) is 11.2 Å². The Morgan fingerprint density at radius 1 is 1.04 bits per heavy atom. The Balaban J connectivity index is 1.27. The zero-order valence-corrected chi connectivity index (χ0v) is 26.9. The minimum Gasteiger partial charge on any atom is -0.355 e. The average Bonchev–Trinajstić information content (AvgIpc) is 3.65. The van der Waals surface area contributed by atoms with E-state index < -0.39 is 20.1 Å². The molecule has 0 bridgehead atoms. The van der Waals surface area contributed by atoms with Crippen LogP contribution in [-0.4, -0.2) is 65.6 Å². The standard InChI is InChI=1S/C32H47N6O6P/c1-2-3-4-5-6-7-8-9-10-11-12-13-14-15-16-17-18-19-28(39)33-22-23-37(45(41,42)43)24-27-20-21-29(44-27)38-26-36-30-31(38)34-25-35-32(30)40/h3-4,6-7,9-10,12-13,15-16,25-27,29H,2,5,8,11,14,17-24H2,1H3,(H,33,39)(H,34,35,40)(H2,41,42,43)/t27-,29+/m0/s1. The van der Waals surface area contributed by atoms with Gasteiger partial charge in [-0.2, -0.15) is 0 Å². The number of carbonyl (C=O) groups is 1. The summed E-state index contributed by atoms with van der Waals surface area (Å²) in [6, 6.07) is 0. The van der Waals surface area contributed by atoms with Crippen LogP contribution in [0.5, 0.6) is 0 Å². The monoisotopic (exact) mass is 642 g/mol. The number of rotatable bonds is 20. The number of aromatic nitrogens is 4. The third kappa shape index (κ3) is 13.2. The lowest BCUT2D eigenvalue weighted by Gasteiger charge is -2.26. The summed E-state index contributed by atoms with van der Waals surface area (Å²) < 4.78 is 20.9. The highest BCUT2D eigenvalue weighted by Gasteiger charge is 2.34. The highest BCUT2D eigenvalue weighted by molar-refractivity contribution is 7.49. The smallest absolute Gasteiger partial charge is 0.355 e. The van der Waals surface area contributed by atoms with Gasteiger partial charge in [-0.25, -0.2) is 19.2 Å². The zero-order chi connectivity index (χ0) is 32.3. The maximum atomic E-state index is 12.2. The average molecular weight is 643 g/mol. The van der Waals surface area contributed by atoms with Crippen molar-refractivity contribution in [3.05, 3.63) is 83.8 Å².